The van der Waals surface area contributed by atoms with Crippen molar-refractivity contribution in [1.82, 2.24) is 0 Å². The van der Waals surface area contributed by atoms with Gasteiger partial charge in [0.05, 0.1) is 0 Å². The molecule has 0 amide bonds. The van der Waals surface area contributed by atoms with Crippen molar-refractivity contribution in [2.75, 3.05) is 0 Å². The molecule has 2 N–H and O–H groups in total. The minimum atomic E-state index is -1.53. The summed E-state index contributed by atoms with van der Waals surface area (Å²) in [5, 5.41) is 20.1. The highest BCUT2D eigenvalue weighted by Gasteiger charge is 2.26. The predicted molar refractivity (Wildman–Crippen MR) is 112 cm³/mol. The van der Waals surface area contributed by atoms with Crippen molar-refractivity contribution in [3.05, 3.63) is 91.0 Å². The lowest BCUT2D eigenvalue weighted by Gasteiger charge is -2.24. The van der Waals surface area contributed by atoms with Gasteiger partial charge in [0.2, 0.25) is 0 Å². The van der Waals surface area contributed by atoms with E-state index >= 15 is 0 Å². The molecule has 128 valence electrons. The molecule has 0 atom stereocenters. The van der Waals surface area contributed by atoms with Crippen molar-refractivity contribution in [2.45, 2.75) is 0 Å². The van der Waals surface area contributed by atoms with Gasteiger partial charge >= 0.3 is 7.12 Å². The number of fused-ring (bicyclic) bond motifs is 8. The molecule has 1 aliphatic carbocycles. The molecular formula is C24H17BO2. The molecule has 2 nitrogen and oxygen atoms in total. The average Bonchev–Trinajstić information content (AvgIpc) is 2.72. The van der Waals surface area contributed by atoms with E-state index in [-0.39, 0.29) is 0 Å². The second-order valence-electron chi connectivity index (χ2n) is 6.78. The Morgan fingerprint density at radius 3 is 1.26 bits per heavy atom. The normalized spacial score (nSPS) is 11.3. The maximum atomic E-state index is 10.1. The van der Waals surface area contributed by atoms with Crippen LogP contribution in [0, 0.1) is 0 Å². The SMILES string of the molecule is OB(O)c1cccc2c1-c1ccccc1-c1ccccc1-c1ccccc1-2. The third-order valence-corrected chi connectivity index (χ3v) is 5.30. The van der Waals surface area contributed by atoms with E-state index in [9.17, 15) is 10.0 Å². The first-order chi connectivity index (χ1) is 13.3. The van der Waals surface area contributed by atoms with E-state index < -0.39 is 7.12 Å². The molecule has 5 rings (SSSR count). The first-order valence-electron chi connectivity index (χ1n) is 9.03. The largest absolute Gasteiger partial charge is 0.489 e. The summed E-state index contributed by atoms with van der Waals surface area (Å²) in [5.41, 5.74) is 9.09. The van der Waals surface area contributed by atoms with Crippen LogP contribution in [0.15, 0.2) is 91.0 Å². The summed E-state index contributed by atoms with van der Waals surface area (Å²) in [7, 11) is -1.53. The van der Waals surface area contributed by atoms with Crippen molar-refractivity contribution in [3.63, 3.8) is 0 Å². The summed E-state index contributed by atoms with van der Waals surface area (Å²) in [6.45, 7) is 0. The molecule has 0 aromatic heterocycles. The maximum Gasteiger partial charge on any atom is 0.489 e. The Bertz CT molecular complexity index is 1160. The van der Waals surface area contributed by atoms with Gasteiger partial charge in [0.1, 0.15) is 0 Å². The van der Waals surface area contributed by atoms with Crippen LogP contribution in [0.2, 0.25) is 0 Å². The minimum Gasteiger partial charge on any atom is -0.423 e. The molecule has 3 heteroatoms. The highest BCUT2D eigenvalue weighted by molar-refractivity contribution is 6.61. The van der Waals surface area contributed by atoms with Crippen LogP contribution in [0.3, 0.4) is 0 Å². The fraction of sp³-hybridized carbons (Fsp3) is 0. The lowest BCUT2D eigenvalue weighted by Crippen LogP contribution is -2.32. The second-order valence-corrected chi connectivity index (χ2v) is 6.78. The quantitative estimate of drug-likeness (QED) is 0.442. The highest BCUT2D eigenvalue weighted by Crippen LogP contribution is 2.46. The van der Waals surface area contributed by atoms with E-state index in [1.54, 1.807) is 6.07 Å². The monoisotopic (exact) mass is 348 g/mol. The van der Waals surface area contributed by atoms with Gasteiger partial charge in [0.25, 0.3) is 0 Å². The van der Waals surface area contributed by atoms with Gasteiger partial charge in [0.15, 0.2) is 0 Å². The molecule has 0 aliphatic heterocycles. The van der Waals surface area contributed by atoms with E-state index in [1.165, 1.54) is 5.56 Å². The van der Waals surface area contributed by atoms with E-state index in [4.69, 9.17) is 0 Å². The van der Waals surface area contributed by atoms with Gasteiger partial charge in [-0.1, -0.05) is 91.0 Å². The Kier molecular flexibility index (Phi) is 3.71. The van der Waals surface area contributed by atoms with Crippen molar-refractivity contribution in [1.29, 1.82) is 0 Å². The van der Waals surface area contributed by atoms with Crippen LogP contribution in [0.1, 0.15) is 0 Å². The highest BCUT2D eigenvalue weighted by atomic mass is 16.4. The molecule has 0 saturated heterocycles. The van der Waals surface area contributed by atoms with Gasteiger partial charge in [-0.25, -0.2) is 0 Å². The molecule has 0 radical (unpaired) electrons. The van der Waals surface area contributed by atoms with Crippen molar-refractivity contribution in [3.8, 4) is 44.5 Å². The molecule has 0 spiro atoms. The Hall–Kier alpha value is -3.14. The summed E-state index contributed by atoms with van der Waals surface area (Å²) in [4.78, 5) is 0. The molecular weight excluding hydrogens is 331 g/mol. The zero-order valence-electron chi connectivity index (χ0n) is 14.6. The van der Waals surface area contributed by atoms with E-state index in [0.717, 1.165) is 38.9 Å². The summed E-state index contributed by atoms with van der Waals surface area (Å²) in [6.07, 6.45) is 0. The standard InChI is InChI=1S/C24H17BO2/c26-25(27)23-15-7-14-22-20-11-4-3-10-18(20)16-8-1-2-9-17(16)19-12-5-6-13-21(19)24(22)23/h1-15,26-27H. The number of hydrogen-bond acceptors (Lipinski definition) is 2. The summed E-state index contributed by atoms with van der Waals surface area (Å²) >= 11 is 0. The van der Waals surface area contributed by atoms with Gasteiger partial charge in [-0.05, 0) is 50.0 Å². The second kappa shape index (κ2) is 6.24. The van der Waals surface area contributed by atoms with Gasteiger partial charge in [-0.15, -0.1) is 0 Å². The maximum absolute atomic E-state index is 10.1. The molecule has 0 fully saturated rings. The first kappa shape index (κ1) is 16.1. The molecule has 0 bridgehead atoms. The smallest absolute Gasteiger partial charge is 0.423 e. The molecule has 27 heavy (non-hydrogen) atoms. The third kappa shape index (κ3) is 2.44. The van der Waals surface area contributed by atoms with E-state index in [2.05, 4.69) is 48.5 Å². The topological polar surface area (TPSA) is 40.5 Å². The Labute approximate surface area is 158 Å². The van der Waals surface area contributed by atoms with Crippen molar-refractivity contribution < 1.29 is 10.0 Å². The average molecular weight is 348 g/mol. The lowest BCUT2D eigenvalue weighted by atomic mass is 9.70. The number of hydrogen-bond donors (Lipinski definition) is 2. The zero-order chi connectivity index (χ0) is 18.4. The van der Waals surface area contributed by atoms with Gasteiger partial charge in [0, 0.05) is 0 Å². The molecule has 0 heterocycles. The van der Waals surface area contributed by atoms with Crippen LogP contribution in [0.25, 0.3) is 44.5 Å². The number of rotatable bonds is 1. The van der Waals surface area contributed by atoms with Crippen LogP contribution >= 0.6 is 0 Å². The molecule has 1 aliphatic rings. The van der Waals surface area contributed by atoms with Crippen molar-refractivity contribution >= 4 is 12.6 Å². The zero-order valence-corrected chi connectivity index (χ0v) is 14.6. The fourth-order valence-electron chi connectivity index (χ4n) is 4.15. The van der Waals surface area contributed by atoms with Gasteiger partial charge in [-0.2, -0.15) is 0 Å². The van der Waals surface area contributed by atoms with E-state index in [1.807, 2.05) is 36.4 Å². The predicted octanol–water partition coefficient (Wildman–Crippen LogP) is 4.35. The Balaban J connectivity index is 2.01. The van der Waals surface area contributed by atoms with Gasteiger partial charge < -0.3 is 10.0 Å². The van der Waals surface area contributed by atoms with Crippen LogP contribution in [0.4, 0.5) is 0 Å². The molecule has 4 aromatic rings. The van der Waals surface area contributed by atoms with Crippen LogP contribution in [-0.4, -0.2) is 17.2 Å². The van der Waals surface area contributed by atoms with Crippen LogP contribution < -0.4 is 5.46 Å². The molecule has 0 saturated carbocycles. The van der Waals surface area contributed by atoms with Gasteiger partial charge in [-0.3, -0.25) is 0 Å². The summed E-state index contributed by atoms with van der Waals surface area (Å²) < 4.78 is 0. The van der Waals surface area contributed by atoms with E-state index in [0.29, 0.717) is 5.46 Å². The third-order valence-electron chi connectivity index (χ3n) is 5.30. The fourth-order valence-corrected chi connectivity index (χ4v) is 4.15. The Morgan fingerprint density at radius 1 is 0.407 bits per heavy atom. The molecule has 0 unspecified atom stereocenters. The van der Waals surface area contributed by atoms with Crippen molar-refractivity contribution in [2.24, 2.45) is 0 Å². The lowest BCUT2D eigenvalue weighted by molar-refractivity contribution is 0.426. The number of benzene rings is 4. The molecule has 4 aromatic carbocycles. The van der Waals surface area contributed by atoms with Crippen LogP contribution in [0.5, 0.6) is 0 Å². The first-order valence-corrected chi connectivity index (χ1v) is 9.03. The minimum absolute atomic E-state index is 0.522. The Morgan fingerprint density at radius 2 is 0.778 bits per heavy atom. The summed E-state index contributed by atoms with van der Waals surface area (Å²) in [6, 6.07) is 30.6. The summed E-state index contributed by atoms with van der Waals surface area (Å²) in [5.74, 6) is 0. The van der Waals surface area contributed by atoms with Crippen LogP contribution in [-0.2, 0) is 0 Å².